The number of hydrogen-bond donors (Lipinski definition) is 5. The van der Waals surface area contributed by atoms with Crippen LogP contribution >= 0.6 is 0 Å². The summed E-state index contributed by atoms with van der Waals surface area (Å²) in [4.78, 5) is 27.0. The number of nitrogen functional groups attached to an aromatic ring is 1. The molecule has 6 N–H and O–H groups in total. The third-order valence-electron chi connectivity index (χ3n) is 9.30. The Morgan fingerprint density at radius 1 is 0.833 bits per heavy atom. The third-order valence-corrected chi connectivity index (χ3v) is 9.30. The fourth-order valence-electron chi connectivity index (χ4n) is 6.47. The lowest BCUT2D eigenvalue weighted by Gasteiger charge is -2.38. The molecule has 5 rings (SSSR count). The number of para-hydroxylation sites is 2. The molecule has 0 aromatic heterocycles. The number of benzene rings is 3. The molecule has 0 radical (unpaired) electrons. The minimum atomic E-state index is -0.548. The Hall–Kier alpha value is -3.80. The molecule has 3 aromatic carbocycles. The topological polar surface area (TPSA) is 146 Å². The van der Waals surface area contributed by atoms with Gasteiger partial charge in [0.1, 0.15) is 0 Å². The summed E-state index contributed by atoms with van der Waals surface area (Å²) >= 11 is 0. The minimum Gasteiger partial charge on any atom is -0.397 e. The third kappa shape index (κ3) is 10.3. The van der Waals surface area contributed by atoms with E-state index in [1.54, 1.807) is 12.1 Å². The number of carbonyl (C=O) groups excluding carboxylic acids is 2. The number of ether oxygens (including phenoxy) is 2. The summed E-state index contributed by atoms with van der Waals surface area (Å²) in [5, 5.41) is 25.2. The van der Waals surface area contributed by atoms with Crippen molar-refractivity contribution in [1.82, 2.24) is 10.2 Å². The molecule has 4 atom stereocenters. The van der Waals surface area contributed by atoms with E-state index in [0.717, 1.165) is 73.9 Å². The molecule has 258 valence electrons. The van der Waals surface area contributed by atoms with E-state index in [1.807, 2.05) is 60.7 Å². The summed E-state index contributed by atoms with van der Waals surface area (Å²) in [6.07, 6.45) is 6.18. The maximum absolute atomic E-state index is 12.5. The molecule has 2 fully saturated rings. The van der Waals surface area contributed by atoms with Crippen LogP contribution in [0, 0.1) is 0 Å². The molecule has 0 bridgehead atoms. The van der Waals surface area contributed by atoms with Crippen molar-refractivity contribution < 1.29 is 29.3 Å². The summed E-state index contributed by atoms with van der Waals surface area (Å²) in [5.41, 5.74) is 10.9. The lowest BCUT2D eigenvalue weighted by atomic mass is 9.99. The van der Waals surface area contributed by atoms with Crippen LogP contribution in [-0.2, 0) is 32.2 Å². The van der Waals surface area contributed by atoms with Gasteiger partial charge in [0.15, 0.2) is 6.29 Å². The predicted molar refractivity (Wildman–Crippen MR) is 186 cm³/mol. The van der Waals surface area contributed by atoms with Crippen LogP contribution in [0.2, 0.25) is 0 Å². The van der Waals surface area contributed by atoms with Crippen molar-refractivity contribution in [2.45, 2.75) is 95.5 Å². The number of amides is 2. The fourth-order valence-corrected chi connectivity index (χ4v) is 6.47. The number of anilines is 2. The van der Waals surface area contributed by atoms with Crippen LogP contribution in [0.25, 0.3) is 0 Å². The van der Waals surface area contributed by atoms with Gasteiger partial charge < -0.3 is 36.1 Å². The summed E-state index contributed by atoms with van der Waals surface area (Å²) in [6.45, 7) is 2.28. The first-order valence-electron chi connectivity index (χ1n) is 17.3. The van der Waals surface area contributed by atoms with Crippen LogP contribution in [0.5, 0.6) is 0 Å². The van der Waals surface area contributed by atoms with Gasteiger partial charge in [-0.25, -0.2) is 0 Å². The van der Waals surface area contributed by atoms with E-state index < -0.39 is 6.29 Å². The number of aliphatic hydroxyl groups is 2. The van der Waals surface area contributed by atoms with Crippen molar-refractivity contribution >= 4 is 23.2 Å². The maximum atomic E-state index is 12.5. The van der Waals surface area contributed by atoms with Gasteiger partial charge in [-0.1, -0.05) is 73.5 Å². The first kappa shape index (κ1) is 35.5. The van der Waals surface area contributed by atoms with E-state index in [1.165, 1.54) is 0 Å². The van der Waals surface area contributed by atoms with E-state index in [0.29, 0.717) is 37.2 Å². The zero-order valence-electron chi connectivity index (χ0n) is 27.7. The number of unbranched alkanes of at least 4 members (excludes halogenated alkanes) is 3. The molecule has 10 nitrogen and oxygen atoms in total. The molecule has 10 heteroatoms. The first-order chi connectivity index (χ1) is 23.4. The average Bonchev–Trinajstić information content (AvgIpc) is 3.57. The van der Waals surface area contributed by atoms with Crippen LogP contribution in [0.4, 0.5) is 11.4 Å². The smallest absolute Gasteiger partial charge is 0.224 e. The Bertz CT molecular complexity index is 1450. The van der Waals surface area contributed by atoms with Gasteiger partial charge in [0, 0.05) is 44.0 Å². The molecule has 2 heterocycles. The number of carbonyl (C=O) groups is 2. The zero-order chi connectivity index (χ0) is 33.7. The highest BCUT2D eigenvalue weighted by atomic mass is 16.7. The molecule has 0 saturated carbocycles. The lowest BCUT2D eigenvalue weighted by Crippen LogP contribution is -2.42. The van der Waals surface area contributed by atoms with Crippen molar-refractivity contribution in [2.24, 2.45) is 0 Å². The van der Waals surface area contributed by atoms with E-state index in [-0.39, 0.29) is 43.3 Å². The number of aliphatic hydroxyl groups excluding tert-OH is 2. The van der Waals surface area contributed by atoms with E-state index >= 15 is 0 Å². The van der Waals surface area contributed by atoms with Gasteiger partial charge in [-0.15, -0.1) is 0 Å². The number of rotatable bonds is 16. The van der Waals surface area contributed by atoms with Gasteiger partial charge >= 0.3 is 0 Å². The molecule has 2 aliphatic heterocycles. The Morgan fingerprint density at radius 2 is 1.52 bits per heavy atom. The van der Waals surface area contributed by atoms with Gasteiger partial charge in [0.25, 0.3) is 0 Å². The van der Waals surface area contributed by atoms with Crippen molar-refractivity contribution in [2.75, 3.05) is 30.7 Å². The van der Waals surface area contributed by atoms with Crippen LogP contribution in [0.3, 0.4) is 0 Å². The molecule has 0 spiro atoms. The fraction of sp³-hybridized carbons (Fsp3) is 0.474. The van der Waals surface area contributed by atoms with Crippen molar-refractivity contribution in [3.8, 4) is 0 Å². The zero-order valence-corrected chi connectivity index (χ0v) is 27.7. The van der Waals surface area contributed by atoms with Crippen LogP contribution in [0.1, 0.15) is 92.4 Å². The van der Waals surface area contributed by atoms with Crippen molar-refractivity contribution in [3.63, 3.8) is 0 Å². The van der Waals surface area contributed by atoms with Crippen molar-refractivity contribution in [1.29, 1.82) is 0 Å². The standard InChI is InChI=1S/C38H50N4O6/c39-33-9-5-6-10-34(33)41-37(46)12-4-2-1-3-11-36(45)40-23-27-13-19-30(20-14-27)38-47-32(24-42-21-7-8-31(42)26-44)22-35(48-38)29-17-15-28(25-43)16-18-29/h5-6,9-10,13-20,31-32,35,38,43-44H,1-4,7-8,11-12,21-26,39H2,(H,40,45)(H,41,46). The maximum Gasteiger partial charge on any atom is 0.224 e. The Kier molecular flexibility index (Phi) is 13.4. The highest BCUT2D eigenvalue weighted by Crippen LogP contribution is 2.38. The van der Waals surface area contributed by atoms with Gasteiger partial charge in [-0.3, -0.25) is 14.5 Å². The molecular formula is C38H50N4O6. The van der Waals surface area contributed by atoms with E-state index in [9.17, 15) is 19.8 Å². The number of nitrogens with two attached hydrogens (primary N) is 1. The Morgan fingerprint density at radius 3 is 2.23 bits per heavy atom. The van der Waals surface area contributed by atoms with Crippen LogP contribution < -0.4 is 16.4 Å². The summed E-state index contributed by atoms with van der Waals surface area (Å²) in [6, 6.07) is 23.2. The number of nitrogens with zero attached hydrogens (tertiary/aromatic N) is 1. The van der Waals surface area contributed by atoms with E-state index in [4.69, 9.17) is 15.2 Å². The average molecular weight is 659 g/mol. The number of likely N-dealkylation sites (tertiary alicyclic amines) is 1. The molecule has 4 unspecified atom stereocenters. The molecular weight excluding hydrogens is 608 g/mol. The normalized spacial score (nSPS) is 21.2. The van der Waals surface area contributed by atoms with Gasteiger partial charge in [0.05, 0.1) is 36.8 Å². The molecule has 2 aliphatic rings. The Balaban J connectivity index is 1.06. The monoisotopic (exact) mass is 658 g/mol. The Labute approximate surface area is 283 Å². The minimum absolute atomic E-state index is 0.00152. The number of hydrogen-bond acceptors (Lipinski definition) is 8. The summed E-state index contributed by atoms with van der Waals surface area (Å²) < 4.78 is 13.0. The second-order valence-corrected chi connectivity index (χ2v) is 12.9. The van der Waals surface area contributed by atoms with Crippen LogP contribution in [-0.4, -0.2) is 58.8 Å². The second-order valence-electron chi connectivity index (χ2n) is 12.9. The number of nitrogens with one attached hydrogen (secondary N) is 2. The second kappa shape index (κ2) is 18.1. The quantitative estimate of drug-likeness (QED) is 0.102. The molecule has 48 heavy (non-hydrogen) atoms. The highest BCUT2D eigenvalue weighted by molar-refractivity contribution is 5.93. The van der Waals surface area contributed by atoms with E-state index in [2.05, 4.69) is 15.5 Å². The van der Waals surface area contributed by atoms with Crippen molar-refractivity contribution in [3.05, 3.63) is 95.1 Å². The largest absolute Gasteiger partial charge is 0.397 e. The lowest BCUT2D eigenvalue weighted by molar-refractivity contribution is -0.253. The summed E-state index contributed by atoms with van der Waals surface area (Å²) in [5.74, 6) is -0.0407. The van der Waals surface area contributed by atoms with Gasteiger partial charge in [-0.05, 0) is 61.1 Å². The highest BCUT2D eigenvalue weighted by Gasteiger charge is 2.35. The molecule has 2 saturated heterocycles. The molecule has 2 amide bonds. The summed E-state index contributed by atoms with van der Waals surface area (Å²) in [7, 11) is 0. The first-order valence-corrected chi connectivity index (χ1v) is 17.3. The predicted octanol–water partition coefficient (Wildman–Crippen LogP) is 5.36. The van der Waals surface area contributed by atoms with Gasteiger partial charge in [0.2, 0.25) is 11.8 Å². The van der Waals surface area contributed by atoms with Crippen LogP contribution in [0.15, 0.2) is 72.8 Å². The van der Waals surface area contributed by atoms with Gasteiger partial charge in [-0.2, -0.15) is 0 Å². The molecule has 0 aliphatic carbocycles. The molecule has 3 aromatic rings. The SMILES string of the molecule is Nc1ccccc1NC(=O)CCCCCCC(=O)NCc1ccc(C2OC(CN3CCCC3CO)CC(c3ccc(CO)cc3)O2)cc1.